The summed E-state index contributed by atoms with van der Waals surface area (Å²) in [6, 6.07) is 0. The average Bonchev–Trinajstić information content (AvgIpc) is 2.25. The number of hydrogen-bond donors (Lipinski definition) is 1. The molecule has 0 bridgehead atoms. The first kappa shape index (κ1) is 17.7. The van der Waals surface area contributed by atoms with Crippen molar-refractivity contribution in [2.24, 2.45) is 0 Å². The Hall–Kier alpha value is -1.27. The zero-order valence-corrected chi connectivity index (χ0v) is 12.4. The van der Waals surface area contributed by atoms with E-state index in [0.717, 1.165) is 0 Å². The van der Waals surface area contributed by atoms with Gasteiger partial charge >= 0.3 is 13.1 Å². The highest BCUT2D eigenvalue weighted by Gasteiger charge is 2.29. The molecule has 0 unspecified atom stereocenters. The number of hydrogen-bond acceptors (Lipinski definition) is 4. The van der Waals surface area contributed by atoms with Crippen molar-refractivity contribution >= 4 is 13.1 Å². The fourth-order valence-electron chi connectivity index (χ4n) is 1.45. The van der Waals surface area contributed by atoms with Crippen molar-refractivity contribution in [1.29, 1.82) is 0 Å². The summed E-state index contributed by atoms with van der Waals surface area (Å²) in [6.45, 7) is 15.0. The van der Waals surface area contributed by atoms with Gasteiger partial charge in [0.05, 0.1) is 6.54 Å². The van der Waals surface area contributed by atoms with Crippen molar-refractivity contribution in [3.63, 3.8) is 0 Å². The molecular weight excluding hydrogens is 243 g/mol. The summed E-state index contributed by atoms with van der Waals surface area (Å²) in [5.41, 5.74) is -0.584. The van der Waals surface area contributed by atoms with E-state index in [0.29, 0.717) is 13.0 Å². The SMILES string of the molecule is C=CCCN(B(C)O)N(CC=C)C(=O)OC(C)(C)C. The van der Waals surface area contributed by atoms with Gasteiger partial charge in [0.1, 0.15) is 5.60 Å². The normalized spacial score (nSPS) is 11.1. The molecule has 0 rings (SSSR count). The molecule has 5 nitrogen and oxygen atoms in total. The number of rotatable bonds is 7. The number of carbonyl (C=O) groups is 1. The second-order valence-corrected chi connectivity index (χ2v) is 5.22. The van der Waals surface area contributed by atoms with Crippen LogP contribution in [0.25, 0.3) is 0 Å². The number of nitrogens with zero attached hydrogens (tertiary/aromatic N) is 2. The second-order valence-electron chi connectivity index (χ2n) is 5.22. The Bertz CT molecular complexity index is 314. The Kier molecular flexibility index (Phi) is 7.48. The van der Waals surface area contributed by atoms with Gasteiger partial charge in [-0.25, -0.2) is 14.7 Å². The van der Waals surface area contributed by atoms with Crippen molar-refractivity contribution in [3.8, 4) is 0 Å². The minimum absolute atomic E-state index is 0.275. The molecule has 0 aromatic heterocycles. The lowest BCUT2D eigenvalue weighted by molar-refractivity contribution is -0.0168. The van der Waals surface area contributed by atoms with Gasteiger partial charge in [-0.1, -0.05) is 12.2 Å². The van der Waals surface area contributed by atoms with Crippen LogP contribution in [-0.4, -0.2) is 46.8 Å². The molecule has 0 fully saturated rings. The molecule has 0 spiro atoms. The van der Waals surface area contributed by atoms with E-state index in [1.54, 1.807) is 39.7 Å². The van der Waals surface area contributed by atoms with Crippen LogP contribution in [-0.2, 0) is 4.74 Å². The minimum Gasteiger partial charge on any atom is -0.443 e. The maximum atomic E-state index is 12.1. The maximum absolute atomic E-state index is 12.1. The Labute approximate surface area is 116 Å². The summed E-state index contributed by atoms with van der Waals surface area (Å²) in [7, 11) is -0.799. The molecule has 19 heavy (non-hydrogen) atoms. The van der Waals surface area contributed by atoms with Crippen LogP contribution in [0.15, 0.2) is 25.3 Å². The van der Waals surface area contributed by atoms with Crippen LogP contribution in [0.1, 0.15) is 27.2 Å². The third-order valence-electron chi connectivity index (χ3n) is 2.21. The Balaban J connectivity index is 4.95. The molecule has 0 heterocycles. The summed E-state index contributed by atoms with van der Waals surface area (Å²) >= 11 is 0. The van der Waals surface area contributed by atoms with Crippen molar-refractivity contribution < 1.29 is 14.6 Å². The van der Waals surface area contributed by atoms with E-state index in [1.165, 1.54) is 9.93 Å². The molecule has 0 saturated carbocycles. The quantitative estimate of drug-likeness (QED) is 0.437. The van der Waals surface area contributed by atoms with Gasteiger partial charge in [0, 0.05) is 6.54 Å². The fraction of sp³-hybridized carbons (Fsp3) is 0.615. The number of hydrazine groups is 1. The Morgan fingerprint density at radius 1 is 1.37 bits per heavy atom. The van der Waals surface area contributed by atoms with Crippen LogP contribution < -0.4 is 0 Å². The van der Waals surface area contributed by atoms with E-state index in [1.807, 2.05) is 0 Å². The third kappa shape index (κ3) is 7.03. The third-order valence-corrected chi connectivity index (χ3v) is 2.21. The molecule has 1 N–H and O–H groups in total. The van der Waals surface area contributed by atoms with Crippen LogP contribution in [0.5, 0.6) is 0 Å². The van der Waals surface area contributed by atoms with Crippen LogP contribution >= 0.6 is 0 Å². The molecule has 0 aliphatic heterocycles. The standard InChI is InChI=1S/C13H25BN2O3/c1-7-9-11-16(14(6)18)15(10-8-2)12(17)19-13(3,4)5/h7-8,18H,1-2,9-11H2,3-6H3. The first-order valence-corrected chi connectivity index (χ1v) is 6.40. The Morgan fingerprint density at radius 2 is 1.95 bits per heavy atom. The van der Waals surface area contributed by atoms with Gasteiger partial charge in [0.15, 0.2) is 0 Å². The monoisotopic (exact) mass is 268 g/mol. The van der Waals surface area contributed by atoms with E-state index in [4.69, 9.17) is 4.74 Å². The van der Waals surface area contributed by atoms with E-state index in [9.17, 15) is 9.82 Å². The van der Waals surface area contributed by atoms with E-state index in [2.05, 4.69) is 13.2 Å². The van der Waals surface area contributed by atoms with Gasteiger partial charge in [-0.15, -0.1) is 13.2 Å². The largest absolute Gasteiger partial charge is 0.443 e. The molecule has 0 aromatic rings. The van der Waals surface area contributed by atoms with Gasteiger partial charge < -0.3 is 9.76 Å². The highest BCUT2D eigenvalue weighted by molar-refractivity contribution is 6.45. The molecule has 0 saturated heterocycles. The summed E-state index contributed by atoms with van der Waals surface area (Å²) in [6.07, 6.45) is 3.47. The topological polar surface area (TPSA) is 53.0 Å². The lowest BCUT2D eigenvalue weighted by atomic mass is 9.87. The second kappa shape index (κ2) is 8.02. The molecular formula is C13H25BN2O3. The zero-order valence-electron chi connectivity index (χ0n) is 12.4. The molecule has 1 amide bonds. The number of carbonyl (C=O) groups excluding carboxylic acids is 1. The van der Waals surface area contributed by atoms with Gasteiger partial charge in [-0.2, -0.15) is 0 Å². The predicted molar refractivity (Wildman–Crippen MR) is 78.5 cm³/mol. The van der Waals surface area contributed by atoms with Gasteiger partial charge in [-0.3, -0.25) is 0 Å². The molecule has 6 heteroatoms. The lowest BCUT2D eigenvalue weighted by Gasteiger charge is -2.36. The summed E-state index contributed by atoms with van der Waals surface area (Å²) < 4.78 is 5.32. The van der Waals surface area contributed by atoms with E-state index >= 15 is 0 Å². The average molecular weight is 268 g/mol. The fourth-order valence-corrected chi connectivity index (χ4v) is 1.45. The first-order valence-electron chi connectivity index (χ1n) is 6.40. The van der Waals surface area contributed by atoms with Crippen LogP contribution in [0.3, 0.4) is 0 Å². The van der Waals surface area contributed by atoms with Crippen LogP contribution in [0.2, 0.25) is 6.82 Å². The minimum atomic E-state index is -0.799. The van der Waals surface area contributed by atoms with E-state index < -0.39 is 18.7 Å². The van der Waals surface area contributed by atoms with Crippen molar-refractivity contribution in [2.45, 2.75) is 39.6 Å². The lowest BCUT2D eigenvalue weighted by Crippen LogP contribution is -2.54. The van der Waals surface area contributed by atoms with Gasteiger partial charge in [-0.05, 0) is 34.0 Å². The van der Waals surface area contributed by atoms with Gasteiger partial charge in [0.25, 0.3) is 0 Å². The molecule has 0 aromatic carbocycles. The van der Waals surface area contributed by atoms with E-state index in [-0.39, 0.29) is 6.54 Å². The molecule has 0 radical (unpaired) electrons. The number of ether oxygens (including phenoxy) is 1. The van der Waals surface area contributed by atoms with Crippen molar-refractivity contribution in [1.82, 2.24) is 9.93 Å². The predicted octanol–water partition coefficient (Wildman–Crippen LogP) is 2.31. The Morgan fingerprint density at radius 3 is 2.32 bits per heavy atom. The van der Waals surface area contributed by atoms with Crippen molar-refractivity contribution in [2.75, 3.05) is 13.1 Å². The summed E-state index contributed by atoms with van der Waals surface area (Å²) in [4.78, 5) is 13.7. The summed E-state index contributed by atoms with van der Waals surface area (Å²) in [5.74, 6) is 0. The number of amides is 1. The molecule has 0 aliphatic carbocycles. The molecule has 108 valence electrons. The van der Waals surface area contributed by atoms with Crippen LogP contribution in [0.4, 0.5) is 4.79 Å². The smallest absolute Gasteiger partial charge is 0.424 e. The van der Waals surface area contributed by atoms with Crippen LogP contribution in [0, 0.1) is 0 Å². The first-order chi connectivity index (χ1) is 8.72. The molecule has 0 atom stereocenters. The highest BCUT2D eigenvalue weighted by atomic mass is 16.6. The van der Waals surface area contributed by atoms with Crippen molar-refractivity contribution in [3.05, 3.63) is 25.3 Å². The summed E-state index contributed by atoms with van der Waals surface area (Å²) in [5, 5.41) is 11.1. The molecule has 0 aliphatic rings. The highest BCUT2D eigenvalue weighted by Crippen LogP contribution is 2.13. The maximum Gasteiger partial charge on any atom is 0.424 e. The van der Waals surface area contributed by atoms with Gasteiger partial charge in [0.2, 0.25) is 0 Å². The zero-order chi connectivity index (χ0) is 15.1.